The van der Waals surface area contributed by atoms with Crippen molar-refractivity contribution in [3.05, 3.63) is 12.0 Å². The Morgan fingerprint density at radius 1 is 1.58 bits per heavy atom. The average Bonchev–Trinajstić information content (AvgIpc) is 2.74. The first-order chi connectivity index (χ1) is 8.94. The molecule has 1 fully saturated rings. The number of aryl methyl sites for hydroxylation is 2. The molecule has 0 amide bonds. The van der Waals surface area contributed by atoms with Crippen LogP contribution in [0.2, 0.25) is 0 Å². The van der Waals surface area contributed by atoms with E-state index in [-0.39, 0.29) is 17.1 Å². The van der Waals surface area contributed by atoms with Crippen LogP contribution in [0, 0.1) is 6.92 Å². The van der Waals surface area contributed by atoms with Crippen LogP contribution in [-0.2, 0) is 16.6 Å². The molecule has 0 aromatic carbocycles. The summed E-state index contributed by atoms with van der Waals surface area (Å²) in [6, 6.07) is 0.0868. The summed E-state index contributed by atoms with van der Waals surface area (Å²) in [5, 5.41) is 3.40. The van der Waals surface area contributed by atoms with Crippen molar-refractivity contribution in [2.24, 2.45) is 0 Å². The zero-order valence-corrected chi connectivity index (χ0v) is 12.5. The second-order valence-corrected chi connectivity index (χ2v) is 6.69. The van der Waals surface area contributed by atoms with Gasteiger partial charge >= 0.3 is 0 Å². The first-order valence-corrected chi connectivity index (χ1v) is 8.22. The van der Waals surface area contributed by atoms with Crippen LogP contribution in [0.3, 0.4) is 0 Å². The lowest BCUT2D eigenvalue weighted by Crippen LogP contribution is -2.51. The molecular formula is C12H22N4O2S. The molecule has 1 aliphatic heterocycles. The third-order valence-electron chi connectivity index (χ3n) is 3.64. The average molecular weight is 286 g/mol. The smallest absolute Gasteiger partial charge is 0.259 e. The highest BCUT2D eigenvalue weighted by Gasteiger charge is 2.28. The van der Waals surface area contributed by atoms with Gasteiger partial charge in [-0.2, -0.15) is 0 Å². The molecule has 2 N–H and O–H groups in total. The van der Waals surface area contributed by atoms with Gasteiger partial charge in [-0.3, -0.25) is 0 Å². The van der Waals surface area contributed by atoms with Gasteiger partial charge in [0.1, 0.15) is 5.82 Å². The Kier molecular flexibility index (Phi) is 4.27. The Morgan fingerprint density at radius 3 is 2.89 bits per heavy atom. The molecule has 0 saturated carbocycles. The summed E-state index contributed by atoms with van der Waals surface area (Å²) in [7, 11) is -3.53. The van der Waals surface area contributed by atoms with Crippen molar-refractivity contribution in [3.63, 3.8) is 0 Å². The van der Waals surface area contributed by atoms with E-state index < -0.39 is 10.0 Å². The maximum atomic E-state index is 12.3. The molecule has 1 aliphatic rings. The normalized spacial score (nSPS) is 24.6. The van der Waals surface area contributed by atoms with Crippen LogP contribution in [0.1, 0.15) is 32.5 Å². The summed E-state index contributed by atoms with van der Waals surface area (Å²) in [4.78, 5) is 4.14. The summed E-state index contributed by atoms with van der Waals surface area (Å²) in [6.07, 6.45) is 3.44. The minimum atomic E-state index is -3.53. The van der Waals surface area contributed by atoms with Gasteiger partial charge < -0.3 is 9.88 Å². The quantitative estimate of drug-likeness (QED) is 0.851. The van der Waals surface area contributed by atoms with E-state index in [2.05, 4.69) is 15.0 Å². The fourth-order valence-electron chi connectivity index (χ4n) is 2.39. The molecule has 0 aliphatic carbocycles. The fraction of sp³-hybridized carbons (Fsp3) is 0.750. The molecule has 0 radical (unpaired) electrons. The van der Waals surface area contributed by atoms with Gasteiger partial charge in [0, 0.05) is 24.8 Å². The SMILES string of the molecule is CCn1cc(S(=O)(=O)NC2CCCNC2C)nc1C. The molecule has 7 heteroatoms. The van der Waals surface area contributed by atoms with Gasteiger partial charge in [-0.25, -0.2) is 18.1 Å². The van der Waals surface area contributed by atoms with E-state index in [1.165, 1.54) is 0 Å². The van der Waals surface area contributed by atoms with E-state index in [1.54, 1.807) is 6.20 Å². The lowest BCUT2D eigenvalue weighted by molar-refractivity contribution is 0.348. The highest BCUT2D eigenvalue weighted by molar-refractivity contribution is 7.89. The molecule has 2 atom stereocenters. The Labute approximate surface area is 114 Å². The highest BCUT2D eigenvalue weighted by Crippen LogP contribution is 2.14. The maximum Gasteiger partial charge on any atom is 0.259 e. The van der Waals surface area contributed by atoms with E-state index in [1.807, 2.05) is 25.3 Å². The van der Waals surface area contributed by atoms with E-state index in [4.69, 9.17) is 0 Å². The van der Waals surface area contributed by atoms with Crippen molar-refractivity contribution in [2.45, 2.75) is 57.3 Å². The molecule has 2 heterocycles. The lowest BCUT2D eigenvalue weighted by Gasteiger charge is -2.30. The van der Waals surface area contributed by atoms with Gasteiger partial charge in [0.2, 0.25) is 0 Å². The largest absolute Gasteiger partial charge is 0.334 e. The molecule has 1 aromatic heterocycles. The number of piperidine rings is 1. The predicted molar refractivity (Wildman–Crippen MR) is 73.4 cm³/mol. The minimum Gasteiger partial charge on any atom is -0.334 e. The van der Waals surface area contributed by atoms with Crippen LogP contribution in [0.4, 0.5) is 0 Å². The molecule has 2 unspecified atom stereocenters. The van der Waals surface area contributed by atoms with Crippen LogP contribution < -0.4 is 10.0 Å². The summed E-state index contributed by atoms with van der Waals surface area (Å²) in [5.41, 5.74) is 0. The van der Waals surface area contributed by atoms with Crippen LogP contribution >= 0.6 is 0 Å². The molecule has 2 rings (SSSR count). The van der Waals surface area contributed by atoms with Gasteiger partial charge in [-0.1, -0.05) is 0 Å². The standard InChI is InChI=1S/C12H22N4O2S/c1-4-16-8-12(14-10(16)3)19(17,18)15-11-6-5-7-13-9(11)2/h8-9,11,13,15H,4-7H2,1-3H3. The Balaban J connectivity index is 2.17. The molecule has 0 spiro atoms. The van der Waals surface area contributed by atoms with E-state index in [0.29, 0.717) is 0 Å². The maximum absolute atomic E-state index is 12.3. The number of aromatic nitrogens is 2. The van der Waals surface area contributed by atoms with Crippen LogP contribution in [-0.4, -0.2) is 36.6 Å². The molecule has 0 bridgehead atoms. The van der Waals surface area contributed by atoms with Crippen LogP contribution in [0.15, 0.2) is 11.2 Å². The van der Waals surface area contributed by atoms with Crippen molar-refractivity contribution in [3.8, 4) is 0 Å². The lowest BCUT2D eigenvalue weighted by atomic mass is 10.0. The second kappa shape index (κ2) is 5.60. The van der Waals surface area contributed by atoms with Crippen molar-refractivity contribution >= 4 is 10.0 Å². The first kappa shape index (κ1) is 14.5. The third-order valence-corrected chi connectivity index (χ3v) is 5.00. The number of nitrogens with one attached hydrogen (secondary N) is 2. The summed E-state index contributed by atoms with van der Waals surface area (Å²) >= 11 is 0. The number of hydrogen-bond acceptors (Lipinski definition) is 4. The summed E-state index contributed by atoms with van der Waals surface area (Å²) in [6.45, 7) is 7.44. The van der Waals surface area contributed by atoms with E-state index in [9.17, 15) is 8.42 Å². The van der Waals surface area contributed by atoms with Crippen molar-refractivity contribution in [2.75, 3.05) is 6.54 Å². The Hall–Kier alpha value is -0.920. The third kappa shape index (κ3) is 3.16. The van der Waals surface area contributed by atoms with Crippen LogP contribution in [0.25, 0.3) is 0 Å². The summed E-state index contributed by atoms with van der Waals surface area (Å²) in [5.74, 6) is 0.720. The molecule has 108 valence electrons. The van der Waals surface area contributed by atoms with Crippen molar-refractivity contribution in [1.29, 1.82) is 0 Å². The van der Waals surface area contributed by atoms with E-state index >= 15 is 0 Å². The number of imidazole rings is 1. The number of hydrogen-bond donors (Lipinski definition) is 2. The number of nitrogens with zero attached hydrogens (tertiary/aromatic N) is 2. The molecule has 1 aromatic rings. The monoisotopic (exact) mass is 286 g/mol. The fourth-order valence-corrected chi connectivity index (χ4v) is 3.75. The highest BCUT2D eigenvalue weighted by atomic mass is 32.2. The molecule has 1 saturated heterocycles. The topological polar surface area (TPSA) is 76.0 Å². The first-order valence-electron chi connectivity index (χ1n) is 6.73. The van der Waals surface area contributed by atoms with Crippen molar-refractivity contribution in [1.82, 2.24) is 19.6 Å². The summed E-state index contributed by atoms with van der Waals surface area (Å²) < 4.78 is 29.2. The Morgan fingerprint density at radius 2 is 2.32 bits per heavy atom. The molecular weight excluding hydrogens is 264 g/mol. The number of sulfonamides is 1. The van der Waals surface area contributed by atoms with Gasteiger partial charge in [-0.15, -0.1) is 0 Å². The minimum absolute atomic E-state index is 0.0640. The zero-order chi connectivity index (χ0) is 14.0. The van der Waals surface area contributed by atoms with Gasteiger partial charge in [0.25, 0.3) is 10.0 Å². The Bertz CT molecular complexity index is 538. The molecule has 6 nitrogen and oxygen atoms in total. The number of rotatable bonds is 4. The van der Waals surface area contributed by atoms with Gasteiger partial charge in [-0.05, 0) is 40.2 Å². The predicted octanol–water partition coefficient (Wildman–Crippen LogP) is 0.630. The van der Waals surface area contributed by atoms with Crippen molar-refractivity contribution < 1.29 is 8.42 Å². The van der Waals surface area contributed by atoms with Gasteiger partial charge in [0.15, 0.2) is 5.03 Å². The van der Waals surface area contributed by atoms with Gasteiger partial charge in [0.05, 0.1) is 0 Å². The van der Waals surface area contributed by atoms with E-state index in [0.717, 1.165) is 31.8 Å². The second-order valence-electron chi connectivity index (χ2n) is 5.03. The zero-order valence-electron chi connectivity index (χ0n) is 11.7. The molecule has 19 heavy (non-hydrogen) atoms. The van der Waals surface area contributed by atoms with Crippen LogP contribution in [0.5, 0.6) is 0 Å².